The van der Waals surface area contributed by atoms with Crippen molar-refractivity contribution in [2.45, 2.75) is 48.8 Å². The van der Waals surface area contributed by atoms with Gasteiger partial charge in [-0.3, -0.25) is 0 Å². The summed E-state index contributed by atoms with van der Waals surface area (Å²) in [5, 5.41) is 13.0. The van der Waals surface area contributed by atoms with Crippen LogP contribution < -0.4 is 4.73 Å². The zero-order valence-corrected chi connectivity index (χ0v) is 9.71. The maximum atomic E-state index is 11.5. The predicted molar refractivity (Wildman–Crippen MR) is 62.7 cm³/mol. The normalized spacial score (nSPS) is 18.7. The molecule has 0 aliphatic heterocycles. The summed E-state index contributed by atoms with van der Waals surface area (Å²) in [5.41, 5.74) is 0. The molecule has 0 bridgehead atoms. The van der Waals surface area contributed by atoms with Crippen molar-refractivity contribution in [2.24, 2.45) is 0 Å². The molecule has 2 rings (SSSR count). The van der Waals surface area contributed by atoms with E-state index in [0.29, 0.717) is 5.25 Å². The minimum Gasteiger partial charge on any atom is -0.618 e. The number of nitrogens with zero attached hydrogens (tertiary/aromatic N) is 1. The first-order chi connectivity index (χ1) is 7.36. The van der Waals surface area contributed by atoms with Crippen molar-refractivity contribution in [3.8, 4) is 0 Å². The Morgan fingerprint density at radius 1 is 1.13 bits per heavy atom. The number of aromatic nitrogens is 1. The van der Waals surface area contributed by atoms with Crippen LogP contribution in [0.5, 0.6) is 0 Å². The van der Waals surface area contributed by atoms with E-state index in [0.717, 1.165) is 9.76 Å². The number of thioether (sulfide) groups is 1. The van der Waals surface area contributed by atoms with Crippen molar-refractivity contribution in [1.29, 1.82) is 0 Å². The van der Waals surface area contributed by atoms with Gasteiger partial charge in [0, 0.05) is 17.4 Å². The molecule has 3 heteroatoms. The van der Waals surface area contributed by atoms with Gasteiger partial charge >= 0.3 is 0 Å². The van der Waals surface area contributed by atoms with Crippen molar-refractivity contribution in [3.05, 3.63) is 29.6 Å². The zero-order valence-electron chi connectivity index (χ0n) is 8.89. The fourth-order valence-corrected chi connectivity index (χ4v) is 3.27. The summed E-state index contributed by atoms with van der Waals surface area (Å²) in [6.45, 7) is 0. The predicted octanol–water partition coefficient (Wildman–Crippen LogP) is 3.13. The smallest absolute Gasteiger partial charge is 0.251 e. The zero-order chi connectivity index (χ0) is 10.5. The molecule has 0 spiro atoms. The van der Waals surface area contributed by atoms with Crippen molar-refractivity contribution in [2.75, 3.05) is 0 Å². The minimum absolute atomic E-state index is 0.648. The van der Waals surface area contributed by atoms with Crippen LogP contribution in [0, 0.1) is 5.21 Å². The van der Waals surface area contributed by atoms with Gasteiger partial charge in [-0.1, -0.05) is 37.4 Å². The largest absolute Gasteiger partial charge is 0.618 e. The number of hydrogen-bond acceptors (Lipinski definition) is 2. The molecule has 1 aromatic rings. The van der Waals surface area contributed by atoms with E-state index in [1.54, 1.807) is 24.0 Å². The SMILES string of the molecule is [O-][n+]1ccccc1SC1CCCCCC1. The minimum atomic E-state index is 0.648. The Morgan fingerprint density at radius 3 is 2.53 bits per heavy atom. The van der Waals surface area contributed by atoms with Gasteiger partial charge in [-0.25, -0.2) is 0 Å². The Hall–Kier alpha value is -0.700. The Morgan fingerprint density at radius 2 is 1.87 bits per heavy atom. The average Bonchev–Trinajstić information content (AvgIpc) is 2.50. The first-order valence-corrected chi connectivity index (χ1v) is 6.59. The third-order valence-electron chi connectivity index (χ3n) is 2.88. The van der Waals surface area contributed by atoms with E-state index in [9.17, 15) is 5.21 Å². The van der Waals surface area contributed by atoms with E-state index in [4.69, 9.17) is 0 Å². The van der Waals surface area contributed by atoms with Crippen molar-refractivity contribution in [1.82, 2.24) is 0 Å². The van der Waals surface area contributed by atoms with Gasteiger partial charge in [0.1, 0.15) is 0 Å². The van der Waals surface area contributed by atoms with E-state index < -0.39 is 0 Å². The van der Waals surface area contributed by atoms with Crippen LogP contribution in [0.1, 0.15) is 38.5 Å². The first kappa shape index (κ1) is 10.8. The maximum absolute atomic E-state index is 11.5. The molecule has 1 fully saturated rings. The van der Waals surface area contributed by atoms with Gasteiger partial charge in [-0.15, -0.1) is 0 Å². The van der Waals surface area contributed by atoms with Gasteiger partial charge in [0.15, 0.2) is 6.20 Å². The molecule has 0 radical (unpaired) electrons. The Kier molecular flexibility index (Phi) is 3.89. The van der Waals surface area contributed by atoms with E-state index in [1.165, 1.54) is 38.5 Å². The van der Waals surface area contributed by atoms with Crippen LogP contribution >= 0.6 is 11.8 Å². The number of pyridine rings is 1. The van der Waals surface area contributed by atoms with Crippen LogP contribution in [-0.4, -0.2) is 5.25 Å². The third-order valence-corrected chi connectivity index (χ3v) is 4.24. The van der Waals surface area contributed by atoms with Crippen LogP contribution in [0.25, 0.3) is 0 Å². The fraction of sp³-hybridized carbons (Fsp3) is 0.583. The monoisotopic (exact) mass is 223 g/mol. The second-order valence-corrected chi connectivity index (χ2v) is 5.42. The molecule has 0 amide bonds. The molecular formula is C12H17NOS. The van der Waals surface area contributed by atoms with Gasteiger partial charge in [-0.2, -0.15) is 4.73 Å². The average molecular weight is 223 g/mol. The van der Waals surface area contributed by atoms with Crippen LogP contribution in [0.15, 0.2) is 29.4 Å². The van der Waals surface area contributed by atoms with Crippen molar-refractivity contribution < 1.29 is 4.73 Å². The molecule has 15 heavy (non-hydrogen) atoms. The van der Waals surface area contributed by atoms with E-state index >= 15 is 0 Å². The highest BCUT2D eigenvalue weighted by Crippen LogP contribution is 2.30. The molecule has 1 aromatic heterocycles. The molecule has 0 N–H and O–H groups in total. The van der Waals surface area contributed by atoms with Crippen LogP contribution in [0.3, 0.4) is 0 Å². The second kappa shape index (κ2) is 5.40. The molecule has 0 unspecified atom stereocenters. The van der Waals surface area contributed by atoms with Crippen LogP contribution in [0.4, 0.5) is 0 Å². The highest BCUT2D eigenvalue weighted by atomic mass is 32.2. The lowest BCUT2D eigenvalue weighted by Gasteiger charge is -2.12. The summed E-state index contributed by atoms with van der Waals surface area (Å²) < 4.78 is 0.982. The molecule has 1 heterocycles. The molecule has 1 saturated carbocycles. The Balaban J connectivity index is 1.98. The van der Waals surface area contributed by atoms with Crippen molar-refractivity contribution >= 4 is 11.8 Å². The first-order valence-electron chi connectivity index (χ1n) is 5.71. The maximum Gasteiger partial charge on any atom is 0.251 e. The standard InChI is InChI=1S/C12H17NOS/c14-13-10-6-5-9-12(13)15-11-7-3-1-2-4-8-11/h5-6,9-11H,1-4,7-8H2. The van der Waals surface area contributed by atoms with Crippen molar-refractivity contribution in [3.63, 3.8) is 0 Å². The Labute approximate surface area is 95.3 Å². The summed E-state index contributed by atoms with van der Waals surface area (Å²) >= 11 is 1.75. The third kappa shape index (κ3) is 3.13. The van der Waals surface area contributed by atoms with Gasteiger partial charge < -0.3 is 5.21 Å². The molecule has 82 valence electrons. The lowest BCUT2D eigenvalue weighted by atomic mass is 10.2. The highest BCUT2D eigenvalue weighted by molar-refractivity contribution is 7.99. The van der Waals surface area contributed by atoms with E-state index in [1.807, 2.05) is 12.1 Å². The van der Waals surface area contributed by atoms with Gasteiger partial charge in [-0.05, 0) is 18.9 Å². The highest BCUT2D eigenvalue weighted by Gasteiger charge is 2.17. The number of hydrogen-bond donors (Lipinski definition) is 0. The molecular weight excluding hydrogens is 206 g/mol. The molecule has 1 aliphatic carbocycles. The summed E-state index contributed by atoms with van der Waals surface area (Å²) in [6.07, 6.45) is 9.48. The fourth-order valence-electron chi connectivity index (χ4n) is 2.03. The van der Waals surface area contributed by atoms with Gasteiger partial charge in [0.05, 0.1) is 0 Å². The Bertz CT molecular complexity index is 308. The second-order valence-electron chi connectivity index (χ2n) is 4.10. The molecule has 0 atom stereocenters. The molecule has 1 aliphatic rings. The van der Waals surface area contributed by atoms with Crippen LogP contribution in [0.2, 0.25) is 0 Å². The topological polar surface area (TPSA) is 26.9 Å². The molecule has 0 aromatic carbocycles. The summed E-state index contributed by atoms with van der Waals surface area (Å²) in [5.74, 6) is 0. The quantitative estimate of drug-likeness (QED) is 0.437. The van der Waals surface area contributed by atoms with Crippen LogP contribution in [-0.2, 0) is 0 Å². The van der Waals surface area contributed by atoms with Gasteiger partial charge in [0.25, 0.3) is 5.03 Å². The molecule has 0 saturated heterocycles. The lowest BCUT2D eigenvalue weighted by Crippen LogP contribution is -2.28. The summed E-state index contributed by atoms with van der Waals surface area (Å²) in [4.78, 5) is 0. The number of rotatable bonds is 2. The summed E-state index contributed by atoms with van der Waals surface area (Å²) in [7, 11) is 0. The van der Waals surface area contributed by atoms with E-state index in [-0.39, 0.29) is 0 Å². The van der Waals surface area contributed by atoms with Gasteiger partial charge in [0.2, 0.25) is 0 Å². The molecule has 2 nitrogen and oxygen atoms in total. The summed E-state index contributed by atoms with van der Waals surface area (Å²) in [6, 6.07) is 5.64. The lowest BCUT2D eigenvalue weighted by molar-refractivity contribution is -0.645. The van der Waals surface area contributed by atoms with E-state index in [2.05, 4.69) is 0 Å².